The molecule has 0 fully saturated rings. The van der Waals surface area contributed by atoms with E-state index in [1.54, 1.807) is 6.33 Å². The number of furan rings is 1. The third-order valence-corrected chi connectivity index (χ3v) is 10.5. The molecule has 6 nitrogen and oxygen atoms in total. The molecule has 3 heterocycles. The molecule has 1 N–H and O–H groups in total. The van der Waals surface area contributed by atoms with Crippen LogP contribution >= 0.6 is 0 Å². The number of hydrogen-bond donors (Lipinski definition) is 1. The van der Waals surface area contributed by atoms with E-state index in [1.165, 1.54) is 22.6 Å². The first kappa shape index (κ1) is 41.7. The molecule has 2 aromatic carbocycles. The molecular formula is C44H56IrN3O3-. The SMILES string of the molecule is CC(C)Cc1coc2nc(-c3cc(-c4[c-]c5ccccc5c(C(C)(C)C)c4)ncn3)ccc12.CCC(C)(CC)C(=O)/C=C(\O)C(C)(CC)CC.[Ir]. The van der Waals surface area contributed by atoms with Crippen LogP contribution in [0.25, 0.3) is 44.5 Å². The van der Waals surface area contributed by atoms with Gasteiger partial charge in [-0.2, -0.15) is 0 Å². The first-order valence-electron chi connectivity index (χ1n) is 18.2. The van der Waals surface area contributed by atoms with Gasteiger partial charge in [0.15, 0.2) is 5.78 Å². The van der Waals surface area contributed by atoms with Crippen LogP contribution in [0.1, 0.15) is 113 Å². The van der Waals surface area contributed by atoms with Crippen LogP contribution in [0, 0.1) is 22.8 Å². The fraction of sp³-hybridized carbons (Fsp3) is 0.455. The Morgan fingerprint density at radius 2 is 1.47 bits per heavy atom. The monoisotopic (exact) mass is 867 g/mol. The van der Waals surface area contributed by atoms with E-state index in [0.29, 0.717) is 11.6 Å². The smallest absolute Gasteiger partial charge is 0.226 e. The van der Waals surface area contributed by atoms with Gasteiger partial charge in [0, 0.05) is 53.7 Å². The van der Waals surface area contributed by atoms with Gasteiger partial charge in [-0.3, -0.25) is 9.78 Å². The van der Waals surface area contributed by atoms with Crippen molar-refractivity contribution >= 4 is 27.7 Å². The summed E-state index contributed by atoms with van der Waals surface area (Å²) in [6, 6.07) is 20.2. The number of nitrogens with zero attached hydrogens (tertiary/aromatic N) is 3. The molecule has 7 heteroatoms. The summed E-state index contributed by atoms with van der Waals surface area (Å²) in [5, 5.41) is 13.5. The minimum absolute atomic E-state index is 0. The molecule has 0 unspecified atom stereocenters. The van der Waals surface area contributed by atoms with Crippen LogP contribution in [0.4, 0.5) is 0 Å². The number of fused-ring (bicyclic) bond motifs is 2. The zero-order valence-electron chi connectivity index (χ0n) is 32.4. The van der Waals surface area contributed by atoms with Crippen LogP contribution in [0.3, 0.4) is 0 Å². The van der Waals surface area contributed by atoms with E-state index in [0.717, 1.165) is 65.5 Å². The summed E-state index contributed by atoms with van der Waals surface area (Å²) < 4.78 is 5.77. The number of allylic oxidation sites excluding steroid dienone is 2. The van der Waals surface area contributed by atoms with Gasteiger partial charge in [0.2, 0.25) is 5.71 Å². The predicted octanol–water partition coefficient (Wildman–Crippen LogP) is 12.0. The third-order valence-electron chi connectivity index (χ3n) is 10.5. The standard InChI is InChI=1S/C29H28N3O.C15H28O2.Ir/c1-18(2)12-21-16-33-28-23(21)10-11-25(32-28)27-15-26(30-17-31-27)20-13-19-8-6-7-9-22(19)24(14-20)29(3,4)5;1-7-14(5,8-2)12(16)11-13(17)15(6,9-3)10-4;/h6-11,14-18H,12H2,1-5H3;11,16H,7-10H2,1-6H3;/q-1;;/b;12-11-;. The number of benzene rings is 2. The summed E-state index contributed by atoms with van der Waals surface area (Å²) >= 11 is 0. The number of carbonyl (C=O) groups is 1. The van der Waals surface area contributed by atoms with Gasteiger partial charge < -0.3 is 9.52 Å². The van der Waals surface area contributed by atoms with Gasteiger partial charge in [0.1, 0.15) is 12.1 Å². The van der Waals surface area contributed by atoms with E-state index in [1.807, 2.05) is 59.9 Å². The molecule has 3 aromatic heterocycles. The van der Waals surface area contributed by atoms with Gasteiger partial charge in [0.25, 0.3) is 0 Å². The van der Waals surface area contributed by atoms with Crippen LogP contribution in [0.5, 0.6) is 0 Å². The summed E-state index contributed by atoms with van der Waals surface area (Å²) in [6.07, 6.45) is 9.15. The molecule has 0 saturated heterocycles. The van der Waals surface area contributed by atoms with Crippen LogP contribution < -0.4 is 0 Å². The fourth-order valence-corrected chi connectivity index (χ4v) is 6.02. The van der Waals surface area contributed by atoms with Gasteiger partial charge in [-0.15, -0.1) is 29.1 Å². The van der Waals surface area contributed by atoms with Crippen LogP contribution in [-0.2, 0) is 36.7 Å². The van der Waals surface area contributed by atoms with E-state index >= 15 is 0 Å². The van der Waals surface area contributed by atoms with Gasteiger partial charge in [-0.05, 0) is 61.6 Å². The summed E-state index contributed by atoms with van der Waals surface area (Å²) in [5.41, 5.74) is 5.85. The number of aromatic nitrogens is 3. The summed E-state index contributed by atoms with van der Waals surface area (Å²) in [5.74, 6) is 0.847. The minimum Gasteiger partial charge on any atom is -0.512 e. The molecule has 5 rings (SSSR count). The maximum absolute atomic E-state index is 12.2. The average molecular weight is 867 g/mol. The van der Waals surface area contributed by atoms with Gasteiger partial charge in [-0.25, -0.2) is 9.97 Å². The van der Waals surface area contributed by atoms with E-state index in [-0.39, 0.29) is 47.9 Å². The molecule has 0 amide bonds. The van der Waals surface area contributed by atoms with Crippen molar-refractivity contribution in [1.82, 2.24) is 15.0 Å². The van der Waals surface area contributed by atoms with Crippen molar-refractivity contribution in [3.63, 3.8) is 0 Å². The molecule has 5 aromatic rings. The van der Waals surface area contributed by atoms with E-state index in [9.17, 15) is 9.90 Å². The Hall–Kier alpha value is -3.67. The number of aliphatic hydroxyl groups is 1. The van der Waals surface area contributed by atoms with Crippen LogP contribution in [-0.4, -0.2) is 25.8 Å². The topological polar surface area (TPSA) is 89.1 Å². The summed E-state index contributed by atoms with van der Waals surface area (Å²) in [4.78, 5) is 26.0. The normalized spacial score (nSPS) is 12.5. The maximum Gasteiger partial charge on any atom is 0.226 e. The number of hydrogen-bond acceptors (Lipinski definition) is 6. The predicted molar refractivity (Wildman–Crippen MR) is 207 cm³/mol. The second kappa shape index (κ2) is 17.2. The first-order chi connectivity index (χ1) is 23.6. The van der Waals surface area contributed by atoms with Gasteiger partial charge >= 0.3 is 0 Å². The molecule has 0 bridgehead atoms. The van der Waals surface area contributed by atoms with Crippen molar-refractivity contribution in [2.24, 2.45) is 16.7 Å². The fourth-order valence-electron chi connectivity index (χ4n) is 6.02. The average Bonchev–Trinajstić information content (AvgIpc) is 3.51. The maximum atomic E-state index is 12.2. The molecule has 0 aliphatic rings. The van der Waals surface area contributed by atoms with Crippen molar-refractivity contribution in [2.75, 3.05) is 0 Å². The Morgan fingerprint density at radius 1 is 0.843 bits per heavy atom. The Morgan fingerprint density at radius 3 is 2.08 bits per heavy atom. The second-order valence-corrected chi connectivity index (χ2v) is 15.5. The molecule has 0 atom stereocenters. The third kappa shape index (κ3) is 9.61. The number of carbonyl (C=O) groups excluding carboxylic acids is 1. The minimum atomic E-state index is -0.337. The molecule has 275 valence electrons. The first-order valence-corrected chi connectivity index (χ1v) is 18.2. The van der Waals surface area contributed by atoms with Crippen molar-refractivity contribution < 1.29 is 34.4 Å². The van der Waals surface area contributed by atoms with E-state index < -0.39 is 0 Å². The Kier molecular flexibility index (Phi) is 14.1. The molecule has 0 saturated carbocycles. The largest absolute Gasteiger partial charge is 0.512 e. The number of aliphatic hydroxyl groups excluding tert-OH is 1. The van der Waals surface area contributed by atoms with Crippen molar-refractivity contribution in [3.05, 3.63) is 90.1 Å². The number of rotatable bonds is 11. The summed E-state index contributed by atoms with van der Waals surface area (Å²) in [7, 11) is 0. The molecule has 51 heavy (non-hydrogen) atoms. The molecule has 0 spiro atoms. The Bertz CT molecular complexity index is 1960. The van der Waals surface area contributed by atoms with Crippen molar-refractivity contribution in [2.45, 2.75) is 114 Å². The van der Waals surface area contributed by atoms with Crippen molar-refractivity contribution in [1.29, 1.82) is 0 Å². The number of ketones is 1. The van der Waals surface area contributed by atoms with Crippen molar-refractivity contribution in [3.8, 4) is 22.6 Å². The summed E-state index contributed by atoms with van der Waals surface area (Å²) in [6.45, 7) is 23.2. The molecule has 0 aliphatic heterocycles. The van der Waals surface area contributed by atoms with Gasteiger partial charge in [-0.1, -0.05) is 105 Å². The quantitative estimate of drug-likeness (QED) is 0.0808. The number of pyridine rings is 1. The molecular weight excluding hydrogens is 811 g/mol. The Labute approximate surface area is 319 Å². The zero-order valence-corrected chi connectivity index (χ0v) is 34.8. The van der Waals surface area contributed by atoms with Crippen LogP contribution in [0.2, 0.25) is 0 Å². The van der Waals surface area contributed by atoms with E-state index in [2.05, 4.69) is 87.1 Å². The molecule has 0 aliphatic carbocycles. The van der Waals surface area contributed by atoms with E-state index in [4.69, 9.17) is 9.40 Å². The van der Waals surface area contributed by atoms with Crippen LogP contribution in [0.15, 0.2) is 77.4 Å². The molecule has 1 radical (unpaired) electrons. The van der Waals surface area contributed by atoms with Gasteiger partial charge in [0.05, 0.1) is 17.7 Å². The zero-order chi connectivity index (χ0) is 36.9. The second-order valence-electron chi connectivity index (χ2n) is 15.5. The Balaban J connectivity index is 0.000000335.